The van der Waals surface area contributed by atoms with Gasteiger partial charge in [-0.1, -0.05) is 6.07 Å². The monoisotopic (exact) mass is 405 g/mol. The Balaban J connectivity index is 1.43. The Kier molecular flexibility index (Phi) is 4.81. The molecule has 0 bridgehead atoms. The van der Waals surface area contributed by atoms with Crippen molar-refractivity contribution >= 4 is 23.2 Å². The van der Waals surface area contributed by atoms with Crippen LogP contribution in [0.4, 0.5) is 24.5 Å². The van der Waals surface area contributed by atoms with Gasteiger partial charge in [0.2, 0.25) is 0 Å². The van der Waals surface area contributed by atoms with Crippen molar-refractivity contribution in [1.82, 2.24) is 4.90 Å². The molecule has 0 aliphatic carbocycles. The highest BCUT2D eigenvalue weighted by atomic mass is 19.4. The van der Waals surface area contributed by atoms with E-state index >= 15 is 0 Å². The number of nitrogens with zero attached hydrogens (tertiary/aromatic N) is 2. The minimum absolute atomic E-state index is 0.0577. The van der Waals surface area contributed by atoms with Gasteiger partial charge >= 0.3 is 6.18 Å². The number of hydrogen-bond donors (Lipinski definition) is 1. The van der Waals surface area contributed by atoms with Crippen LogP contribution in [0.2, 0.25) is 0 Å². The van der Waals surface area contributed by atoms with Gasteiger partial charge in [0.05, 0.1) is 11.3 Å². The fraction of sp³-hybridized carbons (Fsp3) is 0.300. The Morgan fingerprint density at radius 2 is 1.79 bits per heavy atom. The SMILES string of the molecule is O=C1COc2ccc(C(=O)N3CCN(c4cccc(C(F)(F)F)c4)CC3)cc2N1. The number of halogens is 3. The predicted octanol–water partition coefficient (Wildman–Crippen LogP) is 3.00. The average molecular weight is 405 g/mol. The molecule has 9 heteroatoms. The zero-order valence-corrected chi connectivity index (χ0v) is 15.3. The smallest absolute Gasteiger partial charge is 0.416 e. The molecule has 6 nitrogen and oxygen atoms in total. The number of alkyl halides is 3. The number of rotatable bonds is 2. The van der Waals surface area contributed by atoms with Gasteiger partial charge in [-0.3, -0.25) is 9.59 Å². The fourth-order valence-corrected chi connectivity index (χ4v) is 3.45. The van der Waals surface area contributed by atoms with E-state index in [-0.39, 0.29) is 18.4 Å². The third-order valence-electron chi connectivity index (χ3n) is 4.96. The van der Waals surface area contributed by atoms with Crippen LogP contribution in [0.25, 0.3) is 0 Å². The molecule has 152 valence electrons. The van der Waals surface area contributed by atoms with Crippen molar-refractivity contribution in [3.63, 3.8) is 0 Å². The van der Waals surface area contributed by atoms with Crippen LogP contribution >= 0.6 is 0 Å². The van der Waals surface area contributed by atoms with Crippen LogP contribution in [0, 0.1) is 0 Å². The summed E-state index contributed by atoms with van der Waals surface area (Å²) in [5, 5.41) is 2.67. The number of benzene rings is 2. The minimum atomic E-state index is -4.39. The summed E-state index contributed by atoms with van der Waals surface area (Å²) in [4.78, 5) is 27.7. The van der Waals surface area contributed by atoms with Crippen LogP contribution in [0.3, 0.4) is 0 Å². The van der Waals surface area contributed by atoms with E-state index in [4.69, 9.17) is 4.74 Å². The molecule has 2 heterocycles. The summed E-state index contributed by atoms with van der Waals surface area (Å²) < 4.78 is 44.1. The van der Waals surface area contributed by atoms with Crippen molar-refractivity contribution in [2.24, 2.45) is 0 Å². The number of amides is 2. The lowest BCUT2D eigenvalue weighted by Gasteiger charge is -2.36. The first-order valence-electron chi connectivity index (χ1n) is 9.09. The second-order valence-electron chi connectivity index (χ2n) is 6.88. The predicted molar refractivity (Wildman–Crippen MR) is 100 cm³/mol. The summed E-state index contributed by atoms with van der Waals surface area (Å²) in [5.74, 6) is 0.0311. The summed E-state index contributed by atoms with van der Waals surface area (Å²) in [6.07, 6.45) is -4.39. The van der Waals surface area contributed by atoms with Crippen molar-refractivity contribution in [1.29, 1.82) is 0 Å². The number of ether oxygens (including phenoxy) is 1. The van der Waals surface area contributed by atoms with Crippen LogP contribution in [-0.4, -0.2) is 49.5 Å². The van der Waals surface area contributed by atoms with E-state index in [1.165, 1.54) is 6.07 Å². The lowest BCUT2D eigenvalue weighted by molar-refractivity contribution is -0.137. The lowest BCUT2D eigenvalue weighted by Crippen LogP contribution is -2.48. The zero-order chi connectivity index (χ0) is 20.6. The van der Waals surface area contributed by atoms with Gasteiger partial charge in [0.25, 0.3) is 11.8 Å². The average Bonchev–Trinajstić information content (AvgIpc) is 2.72. The molecule has 4 rings (SSSR count). The van der Waals surface area contributed by atoms with Gasteiger partial charge in [0.15, 0.2) is 6.61 Å². The van der Waals surface area contributed by atoms with Gasteiger partial charge in [0, 0.05) is 37.4 Å². The molecule has 29 heavy (non-hydrogen) atoms. The van der Waals surface area contributed by atoms with Gasteiger partial charge in [0.1, 0.15) is 5.75 Å². The summed E-state index contributed by atoms with van der Waals surface area (Å²) in [6, 6.07) is 10.1. The van der Waals surface area contributed by atoms with Crippen molar-refractivity contribution in [3.05, 3.63) is 53.6 Å². The molecule has 1 N–H and O–H groups in total. The molecule has 1 saturated heterocycles. The van der Waals surface area contributed by atoms with Crippen LogP contribution in [0.5, 0.6) is 5.75 Å². The maximum atomic E-state index is 12.9. The molecule has 0 spiro atoms. The minimum Gasteiger partial charge on any atom is -0.482 e. The van der Waals surface area contributed by atoms with Crippen molar-refractivity contribution in [3.8, 4) is 5.75 Å². The standard InChI is InChI=1S/C20H18F3N3O3/c21-20(22,23)14-2-1-3-15(11-14)25-6-8-26(9-7-25)19(28)13-4-5-17-16(10-13)24-18(27)12-29-17/h1-5,10-11H,6-9,12H2,(H,24,27). The normalized spacial score (nSPS) is 16.7. The van der Waals surface area contributed by atoms with Gasteiger partial charge in [-0.05, 0) is 36.4 Å². The zero-order valence-electron chi connectivity index (χ0n) is 15.3. The third kappa shape index (κ3) is 3.98. The first kappa shape index (κ1) is 19.1. The molecule has 0 atom stereocenters. The Morgan fingerprint density at radius 1 is 1.03 bits per heavy atom. The summed E-state index contributed by atoms with van der Waals surface area (Å²) in [5.41, 5.74) is 0.671. The molecular weight excluding hydrogens is 387 g/mol. The van der Waals surface area contributed by atoms with Crippen molar-refractivity contribution < 1.29 is 27.5 Å². The number of fused-ring (bicyclic) bond motifs is 1. The van der Waals surface area contributed by atoms with Crippen LogP contribution < -0.4 is 15.0 Å². The van der Waals surface area contributed by atoms with E-state index in [2.05, 4.69) is 5.32 Å². The number of carbonyl (C=O) groups excluding carboxylic acids is 2. The molecule has 2 aromatic carbocycles. The number of piperazine rings is 1. The van der Waals surface area contributed by atoms with Gasteiger partial charge in [-0.15, -0.1) is 0 Å². The van der Waals surface area contributed by atoms with E-state index in [9.17, 15) is 22.8 Å². The van der Waals surface area contributed by atoms with Crippen LogP contribution in [-0.2, 0) is 11.0 Å². The van der Waals surface area contributed by atoms with E-state index in [1.54, 1.807) is 29.2 Å². The summed E-state index contributed by atoms with van der Waals surface area (Å²) >= 11 is 0. The topological polar surface area (TPSA) is 61.9 Å². The molecule has 0 aromatic heterocycles. The summed E-state index contributed by atoms with van der Waals surface area (Å²) in [7, 11) is 0. The lowest BCUT2D eigenvalue weighted by atomic mass is 10.1. The van der Waals surface area contributed by atoms with Gasteiger partial charge in [-0.2, -0.15) is 13.2 Å². The number of carbonyl (C=O) groups is 2. The van der Waals surface area contributed by atoms with Crippen molar-refractivity contribution in [2.75, 3.05) is 43.0 Å². The fourth-order valence-electron chi connectivity index (χ4n) is 3.45. The Bertz CT molecular complexity index is 953. The maximum absolute atomic E-state index is 12.9. The van der Waals surface area contributed by atoms with Gasteiger partial charge in [-0.25, -0.2) is 0 Å². The largest absolute Gasteiger partial charge is 0.482 e. The van der Waals surface area contributed by atoms with E-state index < -0.39 is 11.7 Å². The molecule has 0 unspecified atom stereocenters. The van der Waals surface area contributed by atoms with Crippen LogP contribution in [0.15, 0.2) is 42.5 Å². The van der Waals surface area contributed by atoms with E-state index in [0.717, 1.165) is 12.1 Å². The molecule has 2 amide bonds. The molecule has 2 aliphatic rings. The molecular formula is C20H18F3N3O3. The highest BCUT2D eigenvalue weighted by Gasteiger charge is 2.31. The molecule has 0 radical (unpaired) electrons. The van der Waals surface area contributed by atoms with Crippen molar-refractivity contribution in [2.45, 2.75) is 6.18 Å². The quantitative estimate of drug-likeness (QED) is 0.835. The molecule has 2 aliphatic heterocycles. The second-order valence-corrected chi connectivity index (χ2v) is 6.88. The third-order valence-corrected chi connectivity index (χ3v) is 4.96. The maximum Gasteiger partial charge on any atom is 0.416 e. The van der Waals surface area contributed by atoms with E-state index in [0.29, 0.717) is 48.9 Å². The Labute approximate surface area is 164 Å². The van der Waals surface area contributed by atoms with Gasteiger partial charge < -0.3 is 19.9 Å². The highest BCUT2D eigenvalue weighted by molar-refractivity contribution is 6.00. The summed E-state index contributed by atoms with van der Waals surface area (Å²) in [6.45, 7) is 1.57. The number of anilines is 2. The van der Waals surface area contributed by atoms with Crippen LogP contribution in [0.1, 0.15) is 15.9 Å². The first-order valence-corrected chi connectivity index (χ1v) is 9.09. The Morgan fingerprint density at radius 3 is 2.52 bits per heavy atom. The number of hydrogen-bond acceptors (Lipinski definition) is 4. The van der Waals surface area contributed by atoms with E-state index in [1.807, 2.05) is 4.90 Å². The number of nitrogens with one attached hydrogen (secondary N) is 1. The first-order chi connectivity index (χ1) is 13.8. The highest BCUT2D eigenvalue weighted by Crippen LogP contribution is 2.32. The molecule has 2 aromatic rings. The molecule has 1 fully saturated rings. The Hall–Kier alpha value is -3.23. The second kappa shape index (κ2) is 7.31. The molecule has 0 saturated carbocycles.